The van der Waals surface area contributed by atoms with Crippen LogP contribution in [0.5, 0.6) is 0 Å². The predicted molar refractivity (Wildman–Crippen MR) is 80.7 cm³/mol. The van der Waals surface area contributed by atoms with Gasteiger partial charge in [-0.15, -0.1) is 0 Å². The Balaban J connectivity index is 2.26. The molecule has 0 spiro atoms. The average Bonchev–Trinajstić information content (AvgIpc) is 2.47. The minimum Gasteiger partial charge on any atom is -0.383 e. The zero-order valence-electron chi connectivity index (χ0n) is 12.8. The first-order chi connectivity index (χ1) is 9.77. The maximum atomic E-state index is 5.23. The van der Waals surface area contributed by atoms with E-state index in [2.05, 4.69) is 28.2 Å². The molecule has 1 atom stereocenters. The van der Waals surface area contributed by atoms with Crippen LogP contribution in [0.4, 0.5) is 0 Å². The van der Waals surface area contributed by atoms with Gasteiger partial charge in [0.1, 0.15) is 0 Å². The van der Waals surface area contributed by atoms with Crippen molar-refractivity contribution in [2.45, 2.75) is 19.5 Å². The molecule has 0 fully saturated rings. The van der Waals surface area contributed by atoms with Gasteiger partial charge in [0.25, 0.3) is 0 Å². The number of nitrogens with one attached hydrogen (secondary N) is 1. The van der Waals surface area contributed by atoms with Crippen molar-refractivity contribution in [1.82, 2.24) is 15.2 Å². The molecule has 1 unspecified atom stereocenters. The first-order valence-electron chi connectivity index (χ1n) is 7.09. The highest BCUT2D eigenvalue weighted by atomic mass is 16.5. The van der Waals surface area contributed by atoms with Crippen molar-refractivity contribution in [2.75, 3.05) is 47.1 Å². The number of hydrogen-bond donors (Lipinski definition) is 1. The van der Waals surface area contributed by atoms with Crippen molar-refractivity contribution in [3.05, 3.63) is 30.1 Å². The summed E-state index contributed by atoms with van der Waals surface area (Å²) in [6, 6.07) is 4.44. The minimum absolute atomic E-state index is 0.398. The van der Waals surface area contributed by atoms with Gasteiger partial charge in [-0.05, 0) is 18.6 Å². The van der Waals surface area contributed by atoms with Crippen LogP contribution in [0.1, 0.15) is 12.5 Å². The molecule has 0 aromatic carbocycles. The maximum Gasteiger partial charge on any atom is 0.0615 e. The number of rotatable bonds is 11. The van der Waals surface area contributed by atoms with Gasteiger partial charge in [-0.25, -0.2) is 0 Å². The van der Waals surface area contributed by atoms with E-state index in [1.807, 2.05) is 12.3 Å². The van der Waals surface area contributed by atoms with E-state index in [1.165, 1.54) is 5.56 Å². The SMILES string of the molecule is COCCN(CCNCc1cccnc1)C(C)COC. The molecule has 1 aromatic rings. The number of methoxy groups -OCH3 is 2. The first kappa shape index (κ1) is 17.0. The fraction of sp³-hybridized carbons (Fsp3) is 0.667. The Kier molecular flexibility index (Phi) is 9.15. The highest BCUT2D eigenvalue weighted by Crippen LogP contribution is 1.99. The average molecular weight is 281 g/mol. The van der Waals surface area contributed by atoms with E-state index < -0.39 is 0 Å². The second-order valence-corrected chi connectivity index (χ2v) is 4.87. The molecule has 1 N–H and O–H groups in total. The van der Waals surface area contributed by atoms with Crippen LogP contribution in [0.25, 0.3) is 0 Å². The molecule has 0 aliphatic heterocycles. The fourth-order valence-electron chi connectivity index (χ4n) is 2.07. The number of aromatic nitrogens is 1. The summed E-state index contributed by atoms with van der Waals surface area (Å²) in [7, 11) is 3.48. The Labute approximate surface area is 122 Å². The molecule has 0 aliphatic rings. The predicted octanol–water partition coefficient (Wildman–Crippen LogP) is 1.15. The highest BCUT2D eigenvalue weighted by molar-refractivity contribution is 5.07. The van der Waals surface area contributed by atoms with Gasteiger partial charge >= 0.3 is 0 Å². The molecule has 5 heteroatoms. The molecular weight excluding hydrogens is 254 g/mol. The molecule has 0 bridgehead atoms. The Bertz CT molecular complexity index is 335. The number of nitrogens with zero attached hydrogens (tertiary/aromatic N) is 2. The summed E-state index contributed by atoms with van der Waals surface area (Å²) in [6.07, 6.45) is 3.69. The quantitative estimate of drug-likeness (QED) is 0.617. The van der Waals surface area contributed by atoms with Gasteiger partial charge in [-0.3, -0.25) is 9.88 Å². The molecule has 0 aliphatic carbocycles. The Morgan fingerprint density at radius 3 is 2.80 bits per heavy atom. The molecule has 114 valence electrons. The van der Waals surface area contributed by atoms with Crippen LogP contribution in [-0.4, -0.2) is 63.0 Å². The smallest absolute Gasteiger partial charge is 0.0615 e. The highest BCUT2D eigenvalue weighted by Gasteiger charge is 2.12. The monoisotopic (exact) mass is 281 g/mol. The van der Waals surface area contributed by atoms with Crippen molar-refractivity contribution < 1.29 is 9.47 Å². The van der Waals surface area contributed by atoms with Crippen molar-refractivity contribution in [3.8, 4) is 0 Å². The minimum atomic E-state index is 0.398. The first-order valence-corrected chi connectivity index (χ1v) is 7.09. The lowest BCUT2D eigenvalue weighted by Crippen LogP contribution is -2.42. The van der Waals surface area contributed by atoms with Gasteiger partial charge in [-0.1, -0.05) is 6.07 Å². The third-order valence-electron chi connectivity index (χ3n) is 3.24. The Morgan fingerprint density at radius 1 is 1.30 bits per heavy atom. The van der Waals surface area contributed by atoms with Gasteiger partial charge in [-0.2, -0.15) is 0 Å². The van der Waals surface area contributed by atoms with Crippen LogP contribution in [0.15, 0.2) is 24.5 Å². The molecular formula is C15H27N3O2. The zero-order valence-corrected chi connectivity index (χ0v) is 12.8. The van der Waals surface area contributed by atoms with E-state index in [9.17, 15) is 0 Å². The molecule has 1 rings (SSSR count). The third-order valence-corrected chi connectivity index (χ3v) is 3.24. The second kappa shape index (κ2) is 10.7. The summed E-state index contributed by atoms with van der Waals surface area (Å²) >= 11 is 0. The molecule has 0 radical (unpaired) electrons. The topological polar surface area (TPSA) is 46.6 Å². The summed E-state index contributed by atoms with van der Waals surface area (Å²) in [5.41, 5.74) is 1.21. The van der Waals surface area contributed by atoms with Crippen LogP contribution >= 0.6 is 0 Å². The van der Waals surface area contributed by atoms with Gasteiger partial charge in [0, 0.05) is 58.8 Å². The summed E-state index contributed by atoms with van der Waals surface area (Å²) in [5.74, 6) is 0. The molecule has 20 heavy (non-hydrogen) atoms. The van der Waals surface area contributed by atoms with E-state index in [1.54, 1.807) is 20.4 Å². The van der Waals surface area contributed by atoms with E-state index in [-0.39, 0.29) is 0 Å². The van der Waals surface area contributed by atoms with Crippen LogP contribution in [0, 0.1) is 0 Å². The molecule has 0 amide bonds. The Hall–Kier alpha value is -1.01. The van der Waals surface area contributed by atoms with E-state index in [0.29, 0.717) is 6.04 Å². The molecule has 5 nitrogen and oxygen atoms in total. The maximum absolute atomic E-state index is 5.23. The second-order valence-electron chi connectivity index (χ2n) is 4.87. The number of hydrogen-bond acceptors (Lipinski definition) is 5. The summed E-state index contributed by atoms with van der Waals surface area (Å²) < 4.78 is 10.4. The lowest BCUT2D eigenvalue weighted by molar-refractivity contribution is 0.0756. The van der Waals surface area contributed by atoms with Crippen LogP contribution in [0.3, 0.4) is 0 Å². The normalized spacial score (nSPS) is 12.8. The van der Waals surface area contributed by atoms with Crippen LogP contribution in [-0.2, 0) is 16.0 Å². The van der Waals surface area contributed by atoms with Gasteiger partial charge in [0.2, 0.25) is 0 Å². The van der Waals surface area contributed by atoms with Crippen molar-refractivity contribution >= 4 is 0 Å². The molecule has 1 heterocycles. The van der Waals surface area contributed by atoms with E-state index in [0.717, 1.165) is 39.4 Å². The fourth-order valence-corrected chi connectivity index (χ4v) is 2.07. The molecule has 1 aromatic heterocycles. The number of pyridine rings is 1. The van der Waals surface area contributed by atoms with Crippen molar-refractivity contribution in [1.29, 1.82) is 0 Å². The lowest BCUT2D eigenvalue weighted by atomic mass is 10.2. The Morgan fingerprint density at radius 2 is 2.15 bits per heavy atom. The van der Waals surface area contributed by atoms with Gasteiger partial charge in [0.05, 0.1) is 13.2 Å². The van der Waals surface area contributed by atoms with E-state index in [4.69, 9.17) is 9.47 Å². The molecule has 0 saturated carbocycles. The lowest BCUT2D eigenvalue weighted by Gasteiger charge is -2.28. The van der Waals surface area contributed by atoms with Crippen LogP contribution < -0.4 is 5.32 Å². The molecule has 0 saturated heterocycles. The van der Waals surface area contributed by atoms with Crippen molar-refractivity contribution in [3.63, 3.8) is 0 Å². The van der Waals surface area contributed by atoms with Crippen molar-refractivity contribution in [2.24, 2.45) is 0 Å². The number of ether oxygens (including phenoxy) is 2. The van der Waals surface area contributed by atoms with E-state index >= 15 is 0 Å². The summed E-state index contributed by atoms with van der Waals surface area (Å²) in [4.78, 5) is 6.49. The standard InChI is InChI=1S/C15H27N3O2/c1-14(13-20-3)18(9-10-19-2)8-7-17-12-15-5-4-6-16-11-15/h4-6,11,14,17H,7-10,12-13H2,1-3H3. The third kappa shape index (κ3) is 6.96. The largest absolute Gasteiger partial charge is 0.383 e. The van der Waals surface area contributed by atoms with Gasteiger partial charge < -0.3 is 14.8 Å². The van der Waals surface area contributed by atoms with Gasteiger partial charge in [0.15, 0.2) is 0 Å². The zero-order chi connectivity index (χ0) is 14.6. The van der Waals surface area contributed by atoms with Crippen LogP contribution in [0.2, 0.25) is 0 Å². The summed E-state index contributed by atoms with van der Waals surface area (Å²) in [5, 5.41) is 3.44. The summed E-state index contributed by atoms with van der Waals surface area (Å²) in [6.45, 7) is 7.37.